The van der Waals surface area contributed by atoms with Gasteiger partial charge in [-0.05, 0) is 12.8 Å². The van der Waals surface area contributed by atoms with Crippen molar-refractivity contribution in [3.63, 3.8) is 0 Å². The molecule has 0 N–H and O–H groups in total. The van der Waals surface area contributed by atoms with Crippen LogP contribution in [0.1, 0.15) is 23.3 Å². The summed E-state index contributed by atoms with van der Waals surface area (Å²) in [5, 5.41) is 1.01. The fraction of sp³-hybridized carbons (Fsp3) is 0.556. The van der Waals surface area contributed by atoms with E-state index in [1.54, 1.807) is 12.5 Å². The first-order valence-electron chi connectivity index (χ1n) is 4.44. The Balaban J connectivity index is 2.46. The summed E-state index contributed by atoms with van der Waals surface area (Å²) in [7, 11) is 1.35. The van der Waals surface area contributed by atoms with Crippen LogP contribution in [0.15, 0.2) is 12.5 Å². The molecule has 4 nitrogen and oxygen atoms in total. The van der Waals surface area contributed by atoms with Crippen molar-refractivity contribution in [2.45, 2.75) is 19.4 Å². The van der Waals surface area contributed by atoms with E-state index in [1.807, 2.05) is 4.57 Å². The van der Waals surface area contributed by atoms with E-state index in [0.717, 1.165) is 24.7 Å². The lowest BCUT2D eigenvalue weighted by atomic mass is 10.3. The largest absolute Gasteiger partial charge is 0.464 e. The first-order valence-corrected chi connectivity index (χ1v) is 5.56. The van der Waals surface area contributed by atoms with Gasteiger partial charge < -0.3 is 9.30 Å². The summed E-state index contributed by atoms with van der Waals surface area (Å²) in [6.45, 7) is 0.885. The van der Waals surface area contributed by atoms with E-state index in [0.29, 0.717) is 5.69 Å². The van der Waals surface area contributed by atoms with Gasteiger partial charge in [-0.2, -0.15) is 0 Å². The number of carbonyl (C=O) groups excluding carboxylic acids is 1. The molecule has 14 heavy (non-hydrogen) atoms. The Morgan fingerprint density at radius 1 is 1.64 bits per heavy atom. The summed E-state index contributed by atoms with van der Waals surface area (Å²) in [6, 6.07) is 0. The Morgan fingerprint density at radius 2 is 2.43 bits per heavy atom. The standard InChI is InChI=1S/C9H13BrN2O2/c1-14-9(13)8-6-12(7-11-8)5-3-2-4-10/h6-7H,2-5H2,1H3. The molecule has 0 saturated carbocycles. The molecule has 0 unspecified atom stereocenters. The zero-order valence-corrected chi connectivity index (χ0v) is 9.66. The molecule has 0 aliphatic carbocycles. The second-order valence-corrected chi connectivity index (χ2v) is 3.68. The van der Waals surface area contributed by atoms with Gasteiger partial charge in [0, 0.05) is 18.1 Å². The van der Waals surface area contributed by atoms with Gasteiger partial charge in [-0.1, -0.05) is 15.9 Å². The third kappa shape index (κ3) is 3.14. The summed E-state index contributed by atoms with van der Waals surface area (Å²) < 4.78 is 6.45. The number of nitrogens with zero attached hydrogens (tertiary/aromatic N) is 2. The molecule has 0 amide bonds. The average molecular weight is 261 g/mol. The van der Waals surface area contributed by atoms with E-state index in [-0.39, 0.29) is 5.97 Å². The fourth-order valence-corrected chi connectivity index (χ4v) is 1.48. The van der Waals surface area contributed by atoms with Crippen molar-refractivity contribution in [3.05, 3.63) is 18.2 Å². The molecule has 0 spiro atoms. The Bertz CT molecular complexity index is 299. The Kier molecular flexibility index (Phi) is 4.65. The van der Waals surface area contributed by atoms with Crippen molar-refractivity contribution >= 4 is 21.9 Å². The highest BCUT2D eigenvalue weighted by atomic mass is 79.9. The molecule has 0 aliphatic rings. The maximum atomic E-state index is 11.1. The third-order valence-corrected chi connectivity index (χ3v) is 2.39. The molecule has 1 aromatic rings. The normalized spacial score (nSPS) is 10.1. The molecule has 0 radical (unpaired) electrons. The molecule has 0 saturated heterocycles. The Morgan fingerprint density at radius 3 is 3.07 bits per heavy atom. The van der Waals surface area contributed by atoms with E-state index < -0.39 is 0 Å². The molecule has 1 aromatic heterocycles. The molecule has 5 heteroatoms. The smallest absolute Gasteiger partial charge is 0.358 e. The third-order valence-electron chi connectivity index (χ3n) is 1.83. The molecule has 1 heterocycles. The van der Waals surface area contributed by atoms with Crippen LogP contribution >= 0.6 is 15.9 Å². The van der Waals surface area contributed by atoms with Crippen LogP contribution in [0.4, 0.5) is 0 Å². The molecular formula is C9H13BrN2O2. The van der Waals surface area contributed by atoms with Crippen LogP contribution in [0, 0.1) is 0 Å². The number of rotatable bonds is 5. The second kappa shape index (κ2) is 5.80. The van der Waals surface area contributed by atoms with Crippen LogP contribution in [0.3, 0.4) is 0 Å². The molecule has 0 fully saturated rings. The minimum absolute atomic E-state index is 0.367. The van der Waals surface area contributed by atoms with Gasteiger partial charge in [-0.25, -0.2) is 9.78 Å². The number of halogens is 1. The molecular weight excluding hydrogens is 248 g/mol. The molecule has 1 rings (SSSR count). The van der Waals surface area contributed by atoms with Crippen molar-refractivity contribution < 1.29 is 9.53 Å². The number of hydrogen-bond donors (Lipinski definition) is 0. The highest BCUT2D eigenvalue weighted by molar-refractivity contribution is 9.09. The van der Waals surface area contributed by atoms with Gasteiger partial charge in [0.15, 0.2) is 5.69 Å². The van der Waals surface area contributed by atoms with Gasteiger partial charge in [-0.3, -0.25) is 0 Å². The SMILES string of the molecule is COC(=O)c1cn(CCCCBr)cn1. The van der Waals surface area contributed by atoms with E-state index >= 15 is 0 Å². The molecule has 0 bridgehead atoms. The van der Waals surface area contributed by atoms with Crippen LogP contribution in [-0.4, -0.2) is 28.0 Å². The number of ether oxygens (including phenoxy) is 1. The lowest BCUT2D eigenvalue weighted by Crippen LogP contribution is -2.01. The summed E-state index contributed by atoms with van der Waals surface area (Å²) in [5.41, 5.74) is 0.367. The lowest BCUT2D eigenvalue weighted by Gasteiger charge is -1.98. The van der Waals surface area contributed by atoms with E-state index in [9.17, 15) is 4.79 Å². The fourth-order valence-electron chi connectivity index (χ4n) is 1.08. The maximum absolute atomic E-state index is 11.1. The van der Waals surface area contributed by atoms with Crippen LogP contribution in [0.5, 0.6) is 0 Å². The number of carbonyl (C=O) groups is 1. The zero-order chi connectivity index (χ0) is 10.4. The molecule has 0 aliphatic heterocycles. The summed E-state index contributed by atoms with van der Waals surface area (Å²) in [4.78, 5) is 15.0. The number of aryl methyl sites for hydroxylation is 1. The van der Waals surface area contributed by atoms with Crippen molar-refractivity contribution in [2.24, 2.45) is 0 Å². The Labute approximate surface area is 91.4 Å². The number of aromatic nitrogens is 2. The van der Waals surface area contributed by atoms with Crippen LogP contribution < -0.4 is 0 Å². The minimum Gasteiger partial charge on any atom is -0.464 e. The van der Waals surface area contributed by atoms with Crippen molar-refractivity contribution in [2.75, 3.05) is 12.4 Å². The van der Waals surface area contributed by atoms with Gasteiger partial charge >= 0.3 is 5.97 Å². The minimum atomic E-state index is -0.385. The number of hydrogen-bond acceptors (Lipinski definition) is 3. The molecule has 0 atom stereocenters. The summed E-state index contributed by atoms with van der Waals surface area (Å²) >= 11 is 3.36. The van der Waals surface area contributed by atoms with E-state index in [1.165, 1.54) is 7.11 Å². The average Bonchev–Trinajstić information content (AvgIpc) is 2.66. The maximum Gasteiger partial charge on any atom is 0.358 e. The van der Waals surface area contributed by atoms with Crippen molar-refractivity contribution in [1.29, 1.82) is 0 Å². The number of methoxy groups -OCH3 is 1. The van der Waals surface area contributed by atoms with Crippen molar-refractivity contribution in [3.8, 4) is 0 Å². The first-order chi connectivity index (χ1) is 6.77. The first kappa shape index (κ1) is 11.2. The van der Waals surface area contributed by atoms with Gasteiger partial charge in [0.2, 0.25) is 0 Å². The highest BCUT2D eigenvalue weighted by Crippen LogP contribution is 2.02. The molecule has 0 aromatic carbocycles. The van der Waals surface area contributed by atoms with Crippen molar-refractivity contribution in [1.82, 2.24) is 9.55 Å². The second-order valence-electron chi connectivity index (χ2n) is 2.88. The number of imidazole rings is 1. The van der Waals surface area contributed by atoms with E-state index in [4.69, 9.17) is 0 Å². The van der Waals surface area contributed by atoms with Crippen LogP contribution in [0.2, 0.25) is 0 Å². The van der Waals surface area contributed by atoms with Gasteiger partial charge in [0.05, 0.1) is 13.4 Å². The van der Waals surface area contributed by atoms with Gasteiger partial charge in [-0.15, -0.1) is 0 Å². The van der Waals surface area contributed by atoms with Gasteiger partial charge in [0.25, 0.3) is 0 Å². The zero-order valence-electron chi connectivity index (χ0n) is 8.07. The molecule has 78 valence electrons. The monoisotopic (exact) mass is 260 g/mol. The number of alkyl halides is 1. The summed E-state index contributed by atoms with van der Waals surface area (Å²) in [6.07, 6.45) is 5.55. The van der Waals surface area contributed by atoms with E-state index in [2.05, 4.69) is 25.7 Å². The summed E-state index contributed by atoms with van der Waals surface area (Å²) in [5.74, 6) is -0.385. The number of esters is 1. The predicted molar refractivity (Wildman–Crippen MR) is 56.6 cm³/mol. The highest BCUT2D eigenvalue weighted by Gasteiger charge is 2.07. The van der Waals surface area contributed by atoms with Gasteiger partial charge in [0.1, 0.15) is 0 Å². The van der Waals surface area contributed by atoms with Crippen LogP contribution in [0.25, 0.3) is 0 Å². The predicted octanol–water partition coefficient (Wildman–Crippen LogP) is 1.84. The topological polar surface area (TPSA) is 44.1 Å². The number of unbranched alkanes of at least 4 members (excludes halogenated alkanes) is 1. The van der Waals surface area contributed by atoms with Crippen LogP contribution in [-0.2, 0) is 11.3 Å². The quantitative estimate of drug-likeness (QED) is 0.461. The Hall–Kier alpha value is -0.840. The lowest BCUT2D eigenvalue weighted by molar-refractivity contribution is 0.0594.